The number of carbonyl (C=O) groups is 1. The van der Waals surface area contributed by atoms with Crippen molar-refractivity contribution in [2.24, 2.45) is 13.0 Å². The first kappa shape index (κ1) is 26.5. The summed E-state index contributed by atoms with van der Waals surface area (Å²) in [5.41, 5.74) is 3.10. The summed E-state index contributed by atoms with van der Waals surface area (Å²) in [4.78, 5) is 27.4. The van der Waals surface area contributed by atoms with Crippen molar-refractivity contribution >= 4 is 11.7 Å². The fourth-order valence-electron chi connectivity index (χ4n) is 5.05. The minimum atomic E-state index is -1.16. The molecule has 0 spiro atoms. The number of fused-ring (bicyclic) bond motifs is 1. The van der Waals surface area contributed by atoms with Gasteiger partial charge in [-0.3, -0.25) is 14.3 Å². The fraction of sp³-hybridized carbons (Fsp3) is 0.464. The van der Waals surface area contributed by atoms with Crippen LogP contribution in [0.1, 0.15) is 39.0 Å². The highest BCUT2D eigenvalue weighted by Crippen LogP contribution is 2.39. The summed E-state index contributed by atoms with van der Waals surface area (Å²) in [6, 6.07) is 5.67. The number of anilines is 1. The van der Waals surface area contributed by atoms with E-state index in [1.54, 1.807) is 27.1 Å². The summed E-state index contributed by atoms with van der Waals surface area (Å²) < 4.78 is 9.10. The van der Waals surface area contributed by atoms with Gasteiger partial charge in [0.2, 0.25) is 0 Å². The van der Waals surface area contributed by atoms with E-state index < -0.39 is 11.6 Å². The smallest absolute Gasteiger partial charge is 0.309 e. The van der Waals surface area contributed by atoms with Gasteiger partial charge in [0.25, 0.3) is 5.56 Å². The summed E-state index contributed by atoms with van der Waals surface area (Å²) in [6.07, 6.45) is 3.24. The summed E-state index contributed by atoms with van der Waals surface area (Å²) in [7, 11) is 1.61. The zero-order valence-electron chi connectivity index (χ0n) is 22.4. The lowest BCUT2D eigenvalue weighted by Crippen LogP contribution is -2.50. The number of carboxylic acids is 1. The van der Waals surface area contributed by atoms with Crippen molar-refractivity contribution in [1.29, 1.82) is 0 Å². The van der Waals surface area contributed by atoms with Gasteiger partial charge in [0, 0.05) is 43.2 Å². The Balaban J connectivity index is 1.93. The largest absolute Gasteiger partial charge is 0.849 e. The zero-order chi connectivity index (χ0) is 27.1. The molecular formula is C28H35N4O5-. The highest BCUT2D eigenvalue weighted by atomic mass is 16.5. The third-order valence-corrected chi connectivity index (χ3v) is 6.53. The summed E-state index contributed by atoms with van der Waals surface area (Å²) in [5, 5.41) is 26.7. The van der Waals surface area contributed by atoms with Crippen molar-refractivity contribution < 1.29 is 19.7 Å². The van der Waals surface area contributed by atoms with Crippen LogP contribution < -0.4 is 20.3 Å². The third-order valence-electron chi connectivity index (χ3n) is 6.53. The maximum Gasteiger partial charge on any atom is 0.309 e. The number of carboxylic acid groups (broad SMARTS) is 1. The predicted molar refractivity (Wildman–Crippen MR) is 141 cm³/mol. The molecule has 1 aliphatic rings. The second kappa shape index (κ2) is 10.0. The van der Waals surface area contributed by atoms with E-state index in [0.29, 0.717) is 59.3 Å². The average molecular weight is 508 g/mol. The monoisotopic (exact) mass is 507 g/mol. The quantitative estimate of drug-likeness (QED) is 0.499. The van der Waals surface area contributed by atoms with Crippen molar-refractivity contribution in [3.05, 3.63) is 52.2 Å². The Morgan fingerprint density at radius 2 is 1.97 bits per heavy atom. The molecule has 2 aromatic heterocycles. The molecule has 37 heavy (non-hydrogen) atoms. The summed E-state index contributed by atoms with van der Waals surface area (Å²) in [6.45, 7) is 11.4. The van der Waals surface area contributed by atoms with Crippen LogP contribution in [0.15, 0.2) is 35.4 Å². The van der Waals surface area contributed by atoms with Crippen LogP contribution in [-0.4, -0.2) is 50.7 Å². The SMILES string of the molecule is Cc1c(-c2ccc3c(c2)N(CC(C)(C)[O-])CCO3)c(CC(=O)O)n(C)c(=O)c1-c1cnn(CC(C)C)c1. The standard InChI is InChI=1S/C28H35N4O5/c1-17(2)14-32-15-20(13-29-32)26-18(3)25(22(12-24(33)34)30(6)27(26)35)19-7-8-23-21(11-19)31(9-10-37-23)16-28(4,5)36/h7-8,11,13,15,17H,9-10,12,14,16H2,1-6H3,(H,33,34)/q-1. The van der Waals surface area contributed by atoms with Crippen LogP contribution in [0.25, 0.3) is 22.3 Å². The highest BCUT2D eigenvalue weighted by Gasteiger charge is 2.25. The molecular weight excluding hydrogens is 472 g/mol. The van der Waals surface area contributed by atoms with Gasteiger partial charge in [-0.25, -0.2) is 0 Å². The van der Waals surface area contributed by atoms with Crippen molar-refractivity contribution in [2.75, 3.05) is 24.6 Å². The molecule has 0 amide bonds. The topological polar surface area (TPSA) is 113 Å². The van der Waals surface area contributed by atoms with Crippen molar-refractivity contribution in [3.8, 4) is 28.0 Å². The molecule has 0 atom stereocenters. The lowest BCUT2D eigenvalue weighted by atomic mass is 9.91. The molecule has 9 heteroatoms. The van der Waals surface area contributed by atoms with E-state index in [2.05, 4.69) is 18.9 Å². The Bertz CT molecular complexity index is 1380. The first-order valence-corrected chi connectivity index (χ1v) is 12.6. The van der Waals surface area contributed by atoms with Crippen molar-refractivity contribution in [1.82, 2.24) is 14.3 Å². The maximum absolute atomic E-state index is 13.5. The van der Waals surface area contributed by atoms with Gasteiger partial charge in [0.1, 0.15) is 12.4 Å². The van der Waals surface area contributed by atoms with Crippen LogP contribution in [-0.2, 0) is 24.8 Å². The lowest BCUT2D eigenvalue weighted by Gasteiger charge is -2.41. The number of benzene rings is 1. The van der Waals surface area contributed by atoms with Gasteiger partial charge < -0.3 is 24.4 Å². The van der Waals surface area contributed by atoms with Gasteiger partial charge in [0.05, 0.1) is 30.4 Å². The second-order valence-corrected chi connectivity index (χ2v) is 10.8. The van der Waals surface area contributed by atoms with E-state index in [4.69, 9.17) is 4.74 Å². The van der Waals surface area contributed by atoms with E-state index >= 15 is 0 Å². The number of hydrogen-bond donors (Lipinski definition) is 1. The molecule has 0 saturated heterocycles. The van der Waals surface area contributed by atoms with Crippen molar-refractivity contribution in [3.63, 3.8) is 0 Å². The molecule has 0 saturated carbocycles. The van der Waals surface area contributed by atoms with Gasteiger partial charge in [-0.05, 0) is 36.1 Å². The van der Waals surface area contributed by atoms with Gasteiger partial charge in [-0.2, -0.15) is 5.10 Å². The second-order valence-electron chi connectivity index (χ2n) is 10.8. The van der Waals surface area contributed by atoms with E-state index in [0.717, 1.165) is 17.8 Å². The minimum absolute atomic E-state index is 0.266. The molecule has 3 heterocycles. The number of nitrogens with zero attached hydrogens (tertiary/aromatic N) is 4. The zero-order valence-corrected chi connectivity index (χ0v) is 22.4. The Labute approximate surface area is 216 Å². The first-order chi connectivity index (χ1) is 17.4. The third kappa shape index (κ3) is 5.56. The highest BCUT2D eigenvalue weighted by molar-refractivity contribution is 5.84. The Hall–Kier alpha value is -3.59. The predicted octanol–water partition coefficient (Wildman–Crippen LogP) is 2.85. The maximum atomic E-state index is 13.5. The molecule has 4 rings (SSSR count). The number of ether oxygens (including phenoxy) is 1. The van der Waals surface area contributed by atoms with E-state index in [1.807, 2.05) is 40.9 Å². The van der Waals surface area contributed by atoms with Crippen LogP contribution in [0, 0.1) is 12.8 Å². The molecule has 0 fully saturated rings. The Morgan fingerprint density at radius 3 is 2.62 bits per heavy atom. The van der Waals surface area contributed by atoms with Crippen LogP contribution >= 0.6 is 0 Å². The van der Waals surface area contributed by atoms with Gasteiger partial charge in [-0.1, -0.05) is 33.8 Å². The average Bonchev–Trinajstić information content (AvgIpc) is 3.23. The first-order valence-electron chi connectivity index (χ1n) is 12.6. The Kier molecular flexibility index (Phi) is 7.19. The molecule has 0 bridgehead atoms. The van der Waals surface area contributed by atoms with E-state index in [9.17, 15) is 19.8 Å². The van der Waals surface area contributed by atoms with Crippen LogP contribution in [0.5, 0.6) is 5.75 Å². The van der Waals surface area contributed by atoms with E-state index in [1.165, 1.54) is 4.57 Å². The van der Waals surface area contributed by atoms with Gasteiger partial charge in [0.15, 0.2) is 0 Å². The minimum Gasteiger partial charge on any atom is -0.849 e. The number of hydrogen-bond acceptors (Lipinski definition) is 6. The molecule has 3 aromatic rings. The van der Waals surface area contributed by atoms with Gasteiger partial charge >= 0.3 is 5.97 Å². The molecule has 9 nitrogen and oxygen atoms in total. The molecule has 198 valence electrons. The van der Waals surface area contributed by atoms with Crippen molar-refractivity contribution in [2.45, 2.75) is 53.2 Å². The molecule has 0 radical (unpaired) electrons. The summed E-state index contributed by atoms with van der Waals surface area (Å²) >= 11 is 0. The molecule has 1 aromatic carbocycles. The molecule has 1 N–H and O–H groups in total. The lowest BCUT2D eigenvalue weighted by molar-refractivity contribution is -0.461. The Morgan fingerprint density at radius 1 is 1.24 bits per heavy atom. The molecule has 1 aliphatic heterocycles. The normalized spacial score (nSPS) is 13.6. The number of rotatable bonds is 8. The van der Waals surface area contributed by atoms with Gasteiger partial charge in [-0.15, -0.1) is 5.60 Å². The fourth-order valence-corrected chi connectivity index (χ4v) is 5.05. The molecule has 0 aliphatic carbocycles. The van der Waals surface area contributed by atoms with Crippen LogP contribution in [0.4, 0.5) is 5.69 Å². The van der Waals surface area contributed by atoms with E-state index in [-0.39, 0.29) is 12.0 Å². The summed E-state index contributed by atoms with van der Waals surface area (Å²) in [5.74, 6) is 0.0470. The number of aliphatic carboxylic acids is 1. The number of pyridine rings is 1. The number of aromatic nitrogens is 3. The van der Waals surface area contributed by atoms with Crippen LogP contribution in [0.2, 0.25) is 0 Å². The van der Waals surface area contributed by atoms with Crippen LogP contribution in [0.3, 0.4) is 0 Å². The molecule has 0 unspecified atom stereocenters.